The first-order chi connectivity index (χ1) is 10.2. The van der Waals surface area contributed by atoms with E-state index >= 15 is 0 Å². The number of Topliss-reactive ketones (excluding diaryl/α,β-unsaturated/α-hetero) is 1. The third-order valence-electron chi connectivity index (χ3n) is 3.63. The van der Waals surface area contributed by atoms with Gasteiger partial charge in [-0.3, -0.25) is 4.79 Å². The molecular formula is C18H21NO2. The molecule has 0 fully saturated rings. The lowest BCUT2D eigenvalue weighted by Crippen LogP contribution is -2.00. The van der Waals surface area contributed by atoms with E-state index < -0.39 is 0 Å². The molecule has 0 aliphatic carbocycles. The van der Waals surface area contributed by atoms with E-state index in [4.69, 9.17) is 4.74 Å². The number of carbonyl (C=O) groups is 1. The van der Waals surface area contributed by atoms with Gasteiger partial charge in [-0.25, -0.2) is 4.98 Å². The zero-order valence-electron chi connectivity index (χ0n) is 12.8. The molecule has 3 heteroatoms. The van der Waals surface area contributed by atoms with Crippen molar-refractivity contribution in [1.82, 2.24) is 4.98 Å². The van der Waals surface area contributed by atoms with Crippen LogP contribution in [0.2, 0.25) is 0 Å². The minimum atomic E-state index is 0.0431. The van der Waals surface area contributed by atoms with E-state index in [-0.39, 0.29) is 5.78 Å². The van der Waals surface area contributed by atoms with Crippen molar-refractivity contribution in [2.45, 2.75) is 39.5 Å². The average Bonchev–Trinajstić information content (AvgIpc) is 2.54. The summed E-state index contributed by atoms with van der Waals surface area (Å²) in [5, 5.41) is 0. The van der Waals surface area contributed by atoms with Gasteiger partial charge in [-0.05, 0) is 36.1 Å². The zero-order valence-corrected chi connectivity index (χ0v) is 12.8. The standard InChI is InChI=1S/C18H21NO2/c1-4-13(3)15-8-6-7-9-18(15)21-14-10-11-16(19-12-14)17(20)5-2/h6-13H,4-5H2,1-3H3. The van der Waals surface area contributed by atoms with Crippen LogP contribution in [-0.4, -0.2) is 10.8 Å². The van der Waals surface area contributed by atoms with Crippen LogP contribution in [0, 0.1) is 0 Å². The van der Waals surface area contributed by atoms with Crippen molar-refractivity contribution in [1.29, 1.82) is 0 Å². The van der Waals surface area contributed by atoms with E-state index in [9.17, 15) is 4.79 Å². The van der Waals surface area contributed by atoms with Crippen LogP contribution in [0.5, 0.6) is 11.5 Å². The first-order valence-electron chi connectivity index (χ1n) is 7.41. The van der Waals surface area contributed by atoms with Crippen molar-refractivity contribution in [2.75, 3.05) is 0 Å². The molecule has 0 radical (unpaired) electrons. The number of carbonyl (C=O) groups excluding carboxylic acids is 1. The van der Waals surface area contributed by atoms with Crippen LogP contribution in [0.25, 0.3) is 0 Å². The molecule has 0 aliphatic heterocycles. The van der Waals surface area contributed by atoms with E-state index in [2.05, 4.69) is 24.9 Å². The Morgan fingerprint density at radius 2 is 1.95 bits per heavy atom. The van der Waals surface area contributed by atoms with Crippen LogP contribution in [0.1, 0.15) is 55.6 Å². The number of pyridine rings is 1. The van der Waals surface area contributed by atoms with Crippen molar-refractivity contribution >= 4 is 5.78 Å². The summed E-state index contributed by atoms with van der Waals surface area (Å²) >= 11 is 0. The second-order valence-corrected chi connectivity index (χ2v) is 5.11. The molecule has 0 spiro atoms. The van der Waals surface area contributed by atoms with Gasteiger partial charge in [-0.15, -0.1) is 0 Å². The van der Waals surface area contributed by atoms with Gasteiger partial charge in [0.2, 0.25) is 0 Å². The number of benzene rings is 1. The Bertz CT molecular complexity index is 605. The van der Waals surface area contributed by atoms with E-state index in [0.29, 0.717) is 23.8 Å². The molecule has 1 heterocycles. The summed E-state index contributed by atoms with van der Waals surface area (Å²) in [6.07, 6.45) is 3.13. The summed E-state index contributed by atoms with van der Waals surface area (Å²) in [6, 6.07) is 11.5. The number of ketones is 1. The molecule has 0 N–H and O–H groups in total. The van der Waals surface area contributed by atoms with E-state index in [1.165, 1.54) is 5.56 Å². The maximum atomic E-state index is 11.6. The van der Waals surface area contributed by atoms with Crippen molar-refractivity contribution in [3.8, 4) is 11.5 Å². The van der Waals surface area contributed by atoms with Gasteiger partial charge in [0, 0.05) is 6.42 Å². The SMILES string of the molecule is CCC(=O)c1ccc(Oc2ccccc2C(C)CC)cn1. The largest absolute Gasteiger partial charge is 0.455 e. The third-order valence-corrected chi connectivity index (χ3v) is 3.63. The highest BCUT2D eigenvalue weighted by Gasteiger charge is 2.11. The predicted molar refractivity (Wildman–Crippen MR) is 84.1 cm³/mol. The highest BCUT2D eigenvalue weighted by atomic mass is 16.5. The molecular weight excluding hydrogens is 262 g/mol. The molecule has 1 atom stereocenters. The van der Waals surface area contributed by atoms with Crippen LogP contribution in [0.4, 0.5) is 0 Å². The van der Waals surface area contributed by atoms with Gasteiger partial charge in [0.1, 0.15) is 17.2 Å². The number of aromatic nitrogens is 1. The number of rotatable bonds is 6. The molecule has 2 aromatic rings. The van der Waals surface area contributed by atoms with Crippen molar-refractivity contribution in [3.05, 3.63) is 53.9 Å². The highest BCUT2D eigenvalue weighted by Crippen LogP contribution is 2.31. The Labute approximate surface area is 126 Å². The summed E-state index contributed by atoms with van der Waals surface area (Å²) in [7, 11) is 0. The van der Waals surface area contributed by atoms with Gasteiger partial charge >= 0.3 is 0 Å². The minimum absolute atomic E-state index is 0.0431. The summed E-state index contributed by atoms with van der Waals surface area (Å²) in [4.78, 5) is 15.7. The fourth-order valence-electron chi connectivity index (χ4n) is 2.11. The van der Waals surface area contributed by atoms with Gasteiger partial charge in [-0.1, -0.05) is 39.0 Å². The molecule has 0 aliphatic rings. The van der Waals surface area contributed by atoms with E-state index in [0.717, 1.165) is 12.2 Å². The third kappa shape index (κ3) is 3.69. The van der Waals surface area contributed by atoms with E-state index in [1.807, 2.05) is 25.1 Å². The molecule has 0 saturated heterocycles. The van der Waals surface area contributed by atoms with Crippen LogP contribution in [0.15, 0.2) is 42.6 Å². The molecule has 1 aromatic heterocycles. The Morgan fingerprint density at radius 3 is 2.57 bits per heavy atom. The summed E-state index contributed by atoms with van der Waals surface area (Å²) in [5.74, 6) is 1.98. The van der Waals surface area contributed by atoms with Crippen molar-refractivity contribution < 1.29 is 9.53 Å². The first-order valence-corrected chi connectivity index (χ1v) is 7.41. The van der Waals surface area contributed by atoms with Gasteiger partial charge < -0.3 is 4.74 Å². The van der Waals surface area contributed by atoms with Gasteiger partial charge in [-0.2, -0.15) is 0 Å². The monoisotopic (exact) mass is 283 g/mol. The fourth-order valence-corrected chi connectivity index (χ4v) is 2.11. The predicted octanol–water partition coefficient (Wildman–Crippen LogP) is 4.98. The molecule has 1 unspecified atom stereocenters. The lowest BCUT2D eigenvalue weighted by molar-refractivity contribution is 0.0983. The molecule has 0 amide bonds. The van der Waals surface area contributed by atoms with Crippen LogP contribution in [-0.2, 0) is 0 Å². The first kappa shape index (κ1) is 15.2. The number of ether oxygens (including phenoxy) is 1. The van der Waals surface area contributed by atoms with Crippen molar-refractivity contribution in [3.63, 3.8) is 0 Å². The number of para-hydroxylation sites is 1. The van der Waals surface area contributed by atoms with Crippen molar-refractivity contribution in [2.24, 2.45) is 0 Å². The lowest BCUT2D eigenvalue weighted by Gasteiger charge is -2.15. The molecule has 3 nitrogen and oxygen atoms in total. The Kier molecular flexibility index (Phi) is 5.09. The highest BCUT2D eigenvalue weighted by molar-refractivity contribution is 5.93. The molecule has 1 aromatic carbocycles. The summed E-state index contributed by atoms with van der Waals surface area (Å²) in [5.41, 5.74) is 1.67. The average molecular weight is 283 g/mol. The summed E-state index contributed by atoms with van der Waals surface area (Å²) in [6.45, 7) is 6.18. The Hall–Kier alpha value is -2.16. The van der Waals surface area contributed by atoms with Crippen LogP contribution >= 0.6 is 0 Å². The topological polar surface area (TPSA) is 39.2 Å². The van der Waals surface area contributed by atoms with Gasteiger partial charge in [0.15, 0.2) is 5.78 Å². The second-order valence-electron chi connectivity index (χ2n) is 5.11. The maximum absolute atomic E-state index is 11.6. The smallest absolute Gasteiger partial charge is 0.180 e. The lowest BCUT2D eigenvalue weighted by atomic mass is 9.98. The minimum Gasteiger partial charge on any atom is -0.455 e. The van der Waals surface area contributed by atoms with Crippen LogP contribution in [0.3, 0.4) is 0 Å². The zero-order chi connectivity index (χ0) is 15.2. The molecule has 110 valence electrons. The van der Waals surface area contributed by atoms with Gasteiger partial charge in [0.05, 0.1) is 6.20 Å². The second kappa shape index (κ2) is 7.02. The van der Waals surface area contributed by atoms with Gasteiger partial charge in [0.25, 0.3) is 0 Å². The maximum Gasteiger partial charge on any atom is 0.180 e. The Balaban J connectivity index is 2.20. The molecule has 0 saturated carbocycles. The molecule has 0 bridgehead atoms. The number of hydrogen-bond donors (Lipinski definition) is 0. The fraction of sp³-hybridized carbons (Fsp3) is 0.333. The molecule has 2 rings (SSSR count). The number of nitrogens with zero attached hydrogens (tertiary/aromatic N) is 1. The van der Waals surface area contributed by atoms with E-state index in [1.54, 1.807) is 18.3 Å². The molecule has 21 heavy (non-hydrogen) atoms. The van der Waals surface area contributed by atoms with Crippen LogP contribution < -0.4 is 4.74 Å². The number of hydrogen-bond acceptors (Lipinski definition) is 3. The quantitative estimate of drug-likeness (QED) is 0.702. The summed E-state index contributed by atoms with van der Waals surface area (Å²) < 4.78 is 5.93. The normalized spacial score (nSPS) is 12.0. The Morgan fingerprint density at radius 1 is 1.19 bits per heavy atom.